The van der Waals surface area contributed by atoms with Gasteiger partial charge in [0.05, 0.1) is 23.7 Å². The Kier molecular flexibility index (Phi) is 6.89. The SMILES string of the molecule is CCOC(=O)c1c(NC(=S)Nc2c(C)nn(CC)c2C)sc(C)c1-c1ccccc1. The highest BCUT2D eigenvalue weighted by Crippen LogP contribution is 2.40. The Morgan fingerprint density at radius 2 is 1.87 bits per heavy atom. The normalized spacial score (nSPS) is 10.7. The van der Waals surface area contributed by atoms with Gasteiger partial charge in [-0.2, -0.15) is 5.10 Å². The quantitative estimate of drug-likeness (QED) is 0.386. The molecule has 3 aromatic rings. The molecule has 0 saturated carbocycles. The number of hydrogen-bond acceptors (Lipinski definition) is 5. The Hall–Kier alpha value is -2.71. The number of nitrogens with zero attached hydrogens (tertiary/aromatic N) is 2. The third-order valence-electron chi connectivity index (χ3n) is 4.77. The van der Waals surface area contributed by atoms with Gasteiger partial charge >= 0.3 is 5.97 Å². The number of esters is 1. The highest BCUT2D eigenvalue weighted by atomic mass is 32.1. The van der Waals surface area contributed by atoms with E-state index < -0.39 is 0 Å². The summed E-state index contributed by atoms with van der Waals surface area (Å²) >= 11 is 7.04. The first-order valence-electron chi connectivity index (χ1n) is 9.85. The first-order chi connectivity index (χ1) is 14.4. The minimum absolute atomic E-state index is 0.304. The largest absolute Gasteiger partial charge is 0.462 e. The van der Waals surface area contributed by atoms with E-state index in [0.29, 0.717) is 22.3 Å². The maximum atomic E-state index is 12.8. The zero-order valence-corrected chi connectivity index (χ0v) is 19.5. The van der Waals surface area contributed by atoms with Gasteiger partial charge in [-0.15, -0.1) is 11.3 Å². The van der Waals surface area contributed by atoms with E-state index in [1.54, 1.807) is 6.92 Å². The van der Waals surface area contributed by atoms with Crippen LogP contribution < -0.4 is 10.6 Å². The highest BCUT2D eigenvalue weighted by Gasteiger charge is 2.25. The molecule has 2 aromatic heterocycles. The van der Waals surface area contributed by atoms with Gasteiger partial charge in [0.2, 0.25) is 0 Å². The van der Waals surface area contributed by atoms with E-state index in [4.69, 9.17) is 17.0 Å². The fourth-order valence-electron chi connectivity index (χ4n) is 3.42. The fourth-order valence-corrected chi connectivity index (χ4v) is 4.75. The Balaban J connectivity index is 1.95. The summed E-state index contributed by atoms with van der Waals surface area (Å²) in [4.78, 5) is 13.8. The molecule has 0 fully saturated rings. The minimum Gasteiger partial charge on any atom is -0.462 e. The molecule has 158 valence electrons. The van der Waals surface area contributed by atoms with Crippen LogP contribution in [0.1, 0.15) is 40.5 Å². The summed E-state index contributed by atoms with van der Waals surface area (Å²) in [6.07, 6.45) is 0. The maximum Gasteiger partial charge on any atom is 0.341 e. The van der Waals surface area contributed by atoms with Gasteiger partial charge in [0, 0.05) is 17.0 Å². The van der Waals surface area contributed by atoms with Gasteiger partial charge in [-0.25, -0.2) is 4.79 Å². The van der Waals surface area contributed by atoms with Crippen molar-refractivity contribution in [1.29, 1.82) is 0 Å². The lowest BCUT2D eigenvalue weighted by Gasteiger charge is -2.12. The number of carbonyl (C=O) groups is 1. The zero-order valence-electron chi connectivity index (χ0n) is 17.8. The molecule has 0 radical (unpaired) electrons. The van der Waals surface area contributed by atoms with Crippen molar-refractivity contribution in [3.63, 3.8) is 0 Å². The second-order valence-corrected chi connectivity index (χ2v) is 8.40. The maximum absolute atomic E-state index is 12.8. The van der Waals surface area contributed by atoms with E-state index in [1.165, 1.54) is 11.3 Å². The topological polar surface area (TPSA) is 68.2 Å². The summed E-state index contributed by atoms with van der Waals surface area (Å²) < 4.78 is 7.27. The van der Waals surface area contributed by atoms with Gasteiger partial charge in [-0.3, -0.25) is 4.68 Å². The van der Waals surface area contributed by atoms with Gasteiger partial charge in [-0.05, 0) is 52.4 Å². The van der Waals surface area contributed by atoms with Crippen LogP contribution >= 0.6 is 23.6 Å². The van der Waals surface area contributed by atoms with Crippen molar-refractivity contribution in [2.75, 3.05) is 17.2 Å². The van der Waals surface area contributed by atoms with Crippen molar-refractivity contribution in [3.8, 4) is 11.1 Å². The van der Waals surface area contributed by atoms with Crippen LogP contribution in [-0.4, -0.2) is 27.5 Å². The monoisotopic (exact) mass is 442 g/mol. The van der Waals surface area contributed by atoms with Gasteiger partial charge in [0.15, 0.2) is 5.11 Å². The van der Waals surface area contributed by atoms with Crippen LogP contribution in [0.2, 0.25) is 0 Å². The van der Waals surface area contributed by atoms with Crippen molar-refractivity contribution in [1.82, 2.24) is 9.78 Å². The van der Waals surface area contributed by atoms with Gasteiger partial charge in [-0.1, -0.05) is 30.3 Å². The fraction of sp³-hybridized carbons (Fsp3) is 0.318. The third kappa shape index (κ3) is 4.39. The predicted octanol–water partition coefficient (Wildman–Crippen LogP) is 5.54. The van der Waals surface area contributed by atoms with E-state index in [0.717, 1.165) is 39.6 Å². The number of anilines is 2. The molecule has 0 amide bonds. The lowest BCUT2D eigenvalue weighted by molar-refractivity contribution is 0.0529. The summed E-state index contributed by atoms with van der Waals surface area (Å²) in [5, 5.41) is 12.0. The number of carbonyl (C=O) groups excluding carboxylic acids is 1. The molecule has 1 aromatic carbocycles. The predicted molar refractivity (Wildman–Crippen MR) is 128 cm³/mol. The first kappa shape index (κ1) is 22.0. The van der Waals surface area contributed by atoms with Crippen LogP contribution in [0, 0.1) is 20.8 Å². The summed E-state index contributed by atoms with van der Waals surface area (Å²) in [6, 6.07) is 9.85. The number of aromatic nitrogens is 2. The second kappa shape index (κ2) is 9.40. The second-order valence-electron chi connectivity index (χ2n) is 6.76. The van der Waals surface area contributed by atoms with E-state index >= 15 is 0 Å². The van der Waals surface area contributed by atoms with E-state index in [9.17, 15) is 4.79 Å². The molecule has 2 N–H and O–H groups in total. The summed E-state index contributed by atoms with van der Waals surface area (Å²) in [5.41, 5.74) is 5.11. The molecule has 2 heterocycles. The van der Waals surface area contributed by atoms with Crippen LogP contribution in [0.25, 0.3) is 11.1 Å². The Labute approximate surface area is 186 Å². The van der Waals surface area contributed by atoms with Crippen LogP contribution in [0.4, 0.5) is 10.7 Å². The summed E-state index contributed by atoms with van der Waals surface area (Å²) in [5.74, 6) is -0.364. The Morgan fingerprint density at radius 1 is 1.17 bits per heavy atom. The number of aryl methyl sites for hydroxylation is 3. The number of nitrogens with one attached hydrogen (secondary N) is 2. The molecule has 0 unspecified atom stereocenters. The van der Waals surface area contributed by atoms with Crippen LogP contribution in [0.5, 0.6) is 0 Å². The number of thiophene rings is 1. The van der Waals surface area contributed by atoms with Gasteiger partial charge < -0.3 is 15.4 Å². The van der Waals surface area contributed by atoms with Crippen molar-refractivity contribution in [3.05, 3.63) is 52.2 Å². The summed E-state index contributed by atoms with van der Waals surface area (Å²) in [6.45, 7) is 10.9. The molecule has 0 spiro atoms. The number of hydrogen-bond donors (Lipinski definition) is 2. The highest BCUT2D eigenvalue weighted by molar-refractivity contribution is 7.80. The molecule has 0 atom stereocenters. The van der Waals surface area contributed by atoms with E-state index in [2.05, 4.69) is 15.7 Å². The van der Waals surface area contributed by atoms with Crippen LogP contribution in [0.3, 0.4) is 0 Å². The molecule has 0 aliphatic carbocycles. The zero-order chi connectivity index (χ0) is 21.8. The molecular formula is C22H26N4O2S2. The molecule has 30 heavy (non-hydrogen) atoms. The van der Waals surface area contributed by atoms with Gasteiger partial charge in [0.1, 0.15) is 10.6 Å². The molecule has 0 saturated heterocycles. The standard InChI is InChI=1S/C22H26N4O2S2/c1-6-26-14(4)19(13(3)25-26)23-22(29)24-20-18(21(27)28-7-2)17(15(5)30-20)16-11-9-8-10-12-16/h8-12H,6-7H2,1-5H3,(H2,23,24,29). The number of ether oxygens (including phenoxy) is 1. The number of rotatable bonds is 6. The molecular weight excluding hydrogens is 416 g/mol. The Morgan fingerprint density at radius 3 is 2.47 bits per heavy atom. The molecule has 0 aliphatic rings. The average molecular weight is 443 g/mol. The van der Waals surface area contributed by atoms with Gasteiger partial charge in [0.25, 0.3) is 0 Å². The van der Waals surface area contributed by atoms with E-state index in [-0.39, 0.29) is 5.97 Å². The van der Waals surface area contributed by atoms with Crippen LogP contribution in [0.15, 0.2) is 30.3 Å². The Bertz CT molecular complexity index is 1070. The lowest BCUT2D eigenvalue weighted by Crippen LogP contribution is -2.21. The smallest absolute Gasteiger partial charge is 0.341 e. The van der Waals surface area contributed by atoms with Crippen molar-refractivity contribution in [2.24, 2.45) is 0 Å². The molecule has 0 aliphatic heterocycles. The molecule has 8 heteroatoms. The number of benzene rings is 1. The lowest BCUT2D eigenvalue weighted by atomic mass is 10.0. The summed E-state index contributed by atoms with van der Waals surface area (Å²) in [7, 11) is 0. The first-order valence-corrected chi connectivity index (χ1v) is 11.1. The number of thiocarbonyl (C=S) groups is 1. The third-order valence-corrected chi connectivity index (χ3v) is 6.00. The van der Waals surface area contributed by atoms with Crippen molar-refractivity contribution >= 4 is 45.3 Å². The molecule has 0 bridgehead atoms. The molecule has 3 rings (SSSR count). The van der Waals surface area contributed by atoms with Crippen molar-refractivity contribution in [2.45, 2.75) is 41.2 Å². The van der Waals surface area contributed by atoms with Crippen molar-refractivity contribution < 1.29 is 9.53 Å². The molecule has 6 nitrogen and oxygen atoms in total. The van der Waals surface area contributed by atoms with Crippen LogP contribution in [-0.2, 0) is 11.3 Å². The van der Waals surface area contributed by atoms with E-state index in [1.807, 2.05) is 62.7 Å². The average Bonchev–Trinajstić information content (AvgIpc) is 3.19. The minimum atomic E-state index is -0.364.